The predicted octanol–water partition coefficient (Wildman–Crippen LogP) is 6.83. The Balaban J connectivity index is 1.43. The Labute approximate surface area is 213 Å². The van der Waals surface area contributed by atoms with E-state index in [-0.39, 0.29) is 12.5 Å². The van der Waals surface area contributed by atoms with Crippen LogP contribution in [0.1, 0.15) is 36.5 Å². The van der Waals surface area contributed by atoms with Gasteiger partial charge in [-0.25, -0.2) is 5.43 Å². The molecule has 4 rings (SSSR count). The normalized spacial score (nSPS) is 11.2. The van der Waals surface area contributed by atoms with Crippen LogP contribution < -0.4 is 14.9 Å². The molecule has 0 saturated carbocycles. The molecule has 4 aromatic carbocycles. The molecule has 1 amide bonds. The van der Waals surface area contributed by atoms with E-state index in [4.69, 9.17) is 9.47 Å². The molecule has 0 atom stereocenters. The Kier molecular flexibility index (Phi) is 8.16. The average molecular weight is 531 g/mol. The van der Waals surface area contributed by atoms with Crippen LogP contribution in [0, 0.1) is 0 Å². The summed E-state index contributed by atoms with van der Waals surface area (Å²) in [4.78, 5) is 12.3. The molecule has 5 nitrogen and oxygen atoms in total. The lowest BCUT2D eigenvalue weighted by atomic mass is 10.0. The first-order valence-electron chi connectivity index (χ1n) is 11.4. The fourth-order valence-electron chi connectivity index (χ4n) is 3.62. The number of halogens is 1. The second-order valence-electron chi connectivity index (χ2n) is 8.42. The maximum absolute atomic E-state index is 12.3. The zero-order valence-electron chi connectivity index (χ0n) is 19.7. The van der Waals surface area contributed by atoms with E-state index >= 15 is 0 Å². The van der Waals surface area contributed by atoms with Crippen molar-refractivity contribution in [3.05, 3.63) is 106 Å². The number of hydrogen-bond donors (Lipinski definition) is 1. The van der Waals surface area contributed by atoms with Gasteiger partial charge in [0.25, 0.3) is 5.91 Å². The van der Waals surface area contributed by atoms with Crippen molar-refractivity contribution in [3.63, 3.8) is 0 Å². The average Bonchev–Trinajstić information content (AvgIpc) is 2.87. The van der Waals surface area contributed by atoms with Gasteiger partial charge in [-0.1, -0.05) is 84.4 Å². The Morgan fingerprint density at radius 1 is 0.971 bits per heavy atom. The van der Waals surface area contributed by atoms with Crippen molar-refractivity contribution in [2.45, 2.75) is 26.4 Å². The molecule has 0 bridgehead atoms. The van der Waals surface area contributed by atoms with Gasteiger partial charge in [-0.05, 0) is 58.1 Å². The van der Waals surface area contributed by atoms with E-state index in [1.165, 1.54) is 5.56 Å². The maximum Gasteiger partial charge on any atom is 0.277 e. The van der Waals surface area contributed by atoms with Crippen LogP contribution in [0.4, 0.5) is 0 Å². The minimum atomic E-state index is -0.342. The summed E-state index contributed by atoms with van der Waals surface area (Å²) >= 11 is 3.49. The number of hydrogen-bond acceptors (Lipinski definition) is 4. The molecule has 0 heterocycles. The van der Waals surface area contributed by atoms with Gasteiger partial charge in [-0.2, -0.15) is 5.10 Å². The quantitative estimate of drug-likeness (QED) is 0.190. The van der Waals surface area contributed by atoms with Gasteiger partial charge < -0.3 is 9.47 Å². The van der Waals surface area contributed by atoms with Crippen molar-refractivity contribution in [1.29, 1.82) is 0 Å². The summed E-state index contributed by atoms with van der Waals surface area (Å²) in [5.74, 6) is 1.43. The van der Waals surface area contributed by atoms with Crippen molar-refractivity contribution in [1.82, 2.24) is 5.43 Å². The first-order chi connectivity index (χ1) is 17.0. The topological polar surface area (TPSA) is 59.9 Å². The summed E-state index contributed by atoms with van der Waals surface area (Å²) in [7, 11) is 0. The summed E-state index contributed by atoms with van der Waals surface area (Å²) < 4.78 is 12.7. The van der Waals surface area contributed by atoms with Gasteiger partial charge in [-0.15, -0.1) is 0 Å². The molecule has 1 N–H and O–H groups in total. The van der Waals surface area contributed by atoms with Gasteiger partial charge in [0.15, 0.2) is 6.61 Å². The molecule has 0 aliphatic carbocycles. The lowest BCUT2D eigenvalue weighted by molar-refractivity contribution is -0.123. The summed E-state index contributed by atoms with van der Waals surface area (Å²) in [5, 5.41) is 6.22. The number of fused-ring (bicyclic) bond motifs is 1. The van der Waals surface area contributed by atoms with E-state index in [0.29, 0.717) is 24.0 Å². The summed E-state index contributed by atoms with van der Waals surface area (Å²) in [6, 6.07) is 27.7. The van der Waals surface area contributed by atoms with Crippen molar-refractivity contribution in [3.8, 4) is 11.5 Å². The van der Waals surface area contributed by atoms with Crippen LogP contribution in [-0.4, -0.2) is 18.7 Å². The Bertz CT molecular complexity index is 1330. The molecule has 0 fully saturated rings. The highest BCUT2D eigenvalue weighted by Crippen LogP contribution is 2.27. The summed E-state index contributed by atoms with van der Waals surface area (Å²) in [5.41, 5.74) is 5.61. The molecular formula is C29H27BrN2O3. The zero-order valence-corrected chi connectivity index (χ0v) is 21.3. The third-order valence-corrected chi connectivity index (χ3v) is 6.01. The highest BCUT2D eigenvalue weighted by molar-refractivity contribution is 9.10. The lowest BCUT2D eigenvalue weighted by Gasteiger charge is -2.12. The van der Waals surface area contributed by atoms with E-state index in [2.05, 4.69) is 40.3 Å². The first-order valence-corrected chi connectivity index (χ1v) is 12.2. The fourth-order valence-corrected chi connectivity index (χ4v) is 4.07. The molecule has 4 aromatic rings. The highest BCUT2D eigenvalue weighted by Gasteiger charge is 2.09. The minimum absolute atomic E-state index is 0.125. The molecule has 0 saturated heterocycles. The monoisotopic (exact) mass is 530 g/mol. The molecule has 0 aliphatic rings. The van der Waals surface area contributed by atoms with Crippen LogP contribution in [0.15, 0.2) is 94.5 Å². The van der Waals surface area contributed by atoms with Crippen LogP contribution in [0.5, 0.6) is 11.5 Å². The second-order valence-corrected chi connectivity index (χ2v) is 9.34. The summed E-state index contributed by atoms with van der Waals surface area (Å²) in [6.07, 6.45) is 1.62. The van der Waals surface area contributed by atoms with Gasteiger partial charge in [0.1, 0.15) is 18.1 Å². The van der Waals surface area contributed by atoms with Crippen LogP contribution in [0.2, 0.25) is 0 Å². The van der Waals surface area contributed by atoms with Crippen molar-refractivity contribution < 1.29 is 14.3 Å². The van der Waals surface area contributed by atoms with Gasteiger partial charge >= 0.3 is 0 Å². The Morgan fingerprint density at radius 3 is 2.54 bits per heavy atom. The van der Waals surface area contributed by atoms with Gasteiger partial charge in [-0.3, -0.25) is 4.79 Å². The number of ether oxygens (including phenoxy) is 2. The van der Waals surface area contributed by atoms with Gasteiger partial charge in [0.05, 0.1) is 6.21 Å². The van der Waals surface area contributed by atoms with Crippen LogP contribution in [0.3, 0.4) is 0 Å². The van der Waals surface area contributed by atoms with Crippen LogP contribution in [-0.2, 0) is 11.4 Å². The number of carbonyl (C=O) groups excluding carboxylic acids is 1. The number of nitrogens with zero attached hydrogens (tertiary/aromatic N) is 1. The predicted molar refractivity (Wildman–Crippen MR) is 144 cm³/mol. The van der Waals surface area contributed by atoms with Crippen molar-refractivity contribution in [2.75, 3.05) is 6.61 Å². The minimum Gasteiger partial charge on any atom is -0.488 e. The molecule has 35 heavy (non-hydrogen) atoms. The molecule has 0 spiro atoms. The highest BCUT2D eigenvalue weighted by atomic mass is 79.9. The molecule has 0 aliphatic heterocycles. The number of hydrazone groups is 1. The molecule has 0 aromatic heterocycles. The molecule has 178 valence electrons. The molecule has 0 radical (unpaired) electrons. The molecule has 6 heteroatoms. The van der Waals surface area contributed by atoms with Gasteiger partial charge in [0, 0.05) is 10.0 Å². The first kappa shape index (κ1) is 24.5. The van der Waals surface area contributed by atoms with Crippen molar-refractivity contribution >= 4 is 38.8 Å². The number of amides is 1. The van der Waals surface area contributed by atoms with E-state index in [0.717, 1.165) is 26.4 Å². The number of nitrogens with one attached hydrogen (secondary N) is 1. The van der Waals surface area contributed by atoms with Gasteiger partial charge in [0.2, 0.25) is 0 Å². The molecular weight excluding hydrogens is 504 g/mol. The van der Waals surface area contributed by atoms with E-state index in [9.17, 15) is 4.79 Å². The number of benzene rings is 4. The Hall–Kier alpha value is -3.64. The SMILES string of the molecule is CC(C)c1ccc(OCC(=O)N/N=C/c2c(OCc3cccc(Br)c3)ccc3ccccc23)cc1. The standard InChI is InChI=1S/C29H27BrN2O3/c1-20(2)22-10-13-25(14-11-22)34-19-29(33)32-31-17-27-26-9-4-3-7-23(26)12-15-28(27)35-18-21-6-5-8-24(30)16-21/h3-17,20H,18-19H2,1-2H3,(H,32,33)/b31-17+. The number of carbonyl (C=O) groups is 1. The third-order valence-electron chi connectivity index (χ3n) is 5.51. The van der Waals surface area contributed by atoms with E-state index in [1.54, 1.807) is 6.21 Å². The van der Waals surface area contributed by atoms with Crippen molar-refractivity contribution in [2.24, 2.45) is 5.10 Å². The van der Waals surface area contributed by atoms with E-state index < -0.39 is 0 Å². The largest absolute Gasteiger partial charge is 0.488 e. The smallest absolute Gasteiger partial charge is 0.277 e. The number of rotatable bonds is 9. The second kappa shape index (κ2) is 11.7. The Morgan fingerprint density at radius 2 is 1.77 bits per heavy atom. The lowest BCUT2D eigenvalue weighted by Crippen LogP contribution is -2.24. The zero-order chi connectivity index (χ0) is 24.6. The van der Waals surface area contributed by atoms with E-state index in [1.807, 2.05) is 84.9 Å². The summed E-state index contributed by atoms with van der Waals surface area (Å²) in [6.45, 7) is 4.55. The molecule has 0 unspecified atom stereocenters. The third kappa shape index (κ3) is 6.70. The fraction of sp³-hybridized carbons (Fsp3) is 0.172. The maximum atomic E-state index is 12.3. The van der Waals surface area contributed by atoms with Crippen LogP contribution >= 0.6 is 15.9 Å². The van der Waals surface area contributed by atoms with Crippen LogP contribution in [0.25, 0.3) is 10.8 Å².